The molecule has 0 unspecified atom stereocenters. The lowest BCUT2D eigenvalue weighted by molar-refractivity contribution is -0.124. The highest BCUT2D eigenvalue weighted by atomic mass is 16.5. The third-order valence-electron chi connectivity index (χ3n) is 4.24. The van der Waals surface area contributed by atoms with Gasteiger partial charge in [-0.1, -0.05) is 76.0 Å². The Bertz CT molecular complexity index is 698. The van der Waals surface area contributed by atoms with Gasteiger partial charge in [-0.3, -0.25) is 4.79 Å². The fourth-order valence-corrected chi connectivity index (χ4v) is 2.57. The quantitative estimate of drug-likeness (QED) is 0.826. The molecule has 0 spiro atoms. The largest absolute Gasteiger partial charge is 0.344 e. The van der Waals surface area contributed by atoms with Crippen LogP contribution in [0.1, 0.15) is 65.0 Å². The second kappa shape index (κ2) is 7.81. The predicted octanol–water partition coefficient (Wildman–Crippen LogP) is 4.68. The summed E-state index contributed by atoms with van der Waals surface area (Å²) in [7, 11) is 0. The van der Waals surface area contributed by atoms with Gasteiger partial charge in [-0.2, -0.15) is 4.98 Å². The molecule has 1 N–H and O–H groups in total. The van der Waals surface area contributed by atoms with Crippen LogP contribution in [-0.4, -0.2) is 16.0 Å². The minimum Gasteiger partial charge on any atom is -0.344 e. The lowest BCUT2D eigenvalue weighted by Gasteiger charge is -2.23. The van der Waals surface area contributed by atoms with Gasteiger partial charge in [-0.15, -0.1) is 0 Å². The van der Waals surface area contributed by atoms with E-state index in [0.717, 1.165) is 12.0 Å². The summed E-state index contributed by atoms with van der Waals surface area (Å²) in [6.45, 7) is 12.4. The van der Waals surface area contributed by atoms with Gasteiger partial charge in [0.2, 0.25) is 17.6 Å². The number of aromatic nitrogens is 2. The van der Waals surface area contributed by atoms with Crippen molar-refractivity contribution in [3.8, 4) is 11.4 Å². The Morgan fingerprint density at radius 2 is 1.88 bits per heavy atom. The van der Waals surface area contributed by atoms with Crippen molar-refractivity contribution in [1.29, 1.82) is 0 Å². The van der Waals surface area contributed by atoms with E-state index in [1.165, 1.54) is 5.56 Å². The summed E-state index contributed by atoms with van der Waals surface area (Å²) in [4.78, 5) is 16.9. The fourth-order valence-electron chi connectivity index (χ4n) is 2.57. The predicted molar refractivity (Wildman–Crippen MR) is 98.9 cm³/mol. The maximum absolute atomic E-state index is 12.4. The van der Waals surface area contributed by atoms with Crippen LogP contribution >= 0.6 is 0 Å². The van der Waals surface area contributed by atoms with Gasteiger partial charge in [0.1, 0.15) is 6.04 Å². The first-order valence-corrected chi connectivity index (χ1v) is 8.89. The van der Waals surface area contributed by atoms with Gasteiger partial charge in [-0.05, 0) is 18.3 Å². The smallest absolute Gasteiger partial charge is 0.249 e. The first-order valence-electron chi connectivity index (χ1n) is 8.89. The monoisotopic (exact) mass is 343 g/mol. The molecule has 1 amide bonds. The minimum absolute atomic E-state index is 0.00730. The number of hydrogen-bond donors (Lipinski definition) is 1. The van der Waals surface area contributed by atoms with E-state index < -0.39 is 0 Å². The van der Waals surface area contributed by atoms with E-state index in [1.54, 1.807) is 0 Å². The molecule has 1 heterocycles. The van der Waals surface area contributed by atoms with Gasteiger partial charge in [-0.25, -0.2) is 0 Å². The fraction of sp³-hybridized carbons (Fsp3) is 0.550. The molecule has 136 valence electrons. The molecule has 0 saturated heterocycles. The van der Waals surface area contributed by atoms with Gasteiger partial charge in [0.25, 0.3) is 0 Å². The Balaban J connectivity index is 2.21. The van der Waals surface area contributed by atoms with Crippen LogP contribution < -0.4 is 5.32 Å². The van der Waals surface area contributed by atoms with Crippen molar-refractivity contribution in [3.05, 3.63) is 35.7 Å². The Hall–Kier alpha value is -2.17. The summed E-state index contributed by atoms with van der Waals surface area (Å²) in [5.41, 5.74) is 2.02. The van der Waals surface area contributed by atoms with Crippen LogP contribution in [0.25, 0.3) is 11.4 Å². The third-order valence-corrected chi connectivity index (χ3v) is 4.24. The number of nitrogens with one attached hydrogen (secondary N) is 1. The number of benzene rings is 1. The van der Waals surface area contributed by atoms with E-state index in [-0.39, 0.29) is 23.3 Å². The van der Waals surface area contributed by atoms with Gasteiger partial charge in [0.15, 0.2) is 0 Å². The number of hydrogen-bond acceptors (Lipinski definition) is 4. The maximum atomic E-state index is 12.4. The lowest BCUT2D eigenvalue weighted by atomic mass is 9.91. The maximum Gasteiger partial charge on any atom is 0.249 e. The Morgan fingerprint density at radius 3 is 2.44 bits per heavy atom. The standard InChI is InChI=1S/C20H29N3O2/c1-7-14(3)17(21-16(24)12-20(4,5)6)19-22-18(23-25-19)15-10-8-13(2)9-11-15/h8-11,14,17H,7,12H2,1-6H3,(H,21,24)/t14-,17+/m0/s1. The molecular formula is C20H29N3O2. The van der Waals surface area contributed by atoms with E-state index in [0.29, 0.717) is 18.1 Å². The van der Waals surface area contributed by atoms with Crippen LogP contribution in [-0.2, 0) is 4.79 Å². The number of amides is 1. The first kappa shape index (κ1) is 19.2. The van der Waals surface area contributed by atoms with Gasteiger partial charge in [0, 0.05) is 12.0 Å². The molecule has 0 aliphatic rings. The van der Waals surface area contributed by atoms with E-state index >= 15 is 0 Å². The van der Waals surface area contributed by atoms with Crippen molar-refractivity contribution in [2.45, 2.75) is 60.4 Å². The molecular weight excluding hydrogens is 314 g/mol. The Kier molecular flexibility index (Phi) is 5.98. The minimum atomic E-state index is -0.272. The highest BCUT2D eigenvalue weighted by Gasteiger charge is 2.27. The van der Waals surface area contributed by atoms with Crippen molar-refractivity contribution in [2.24, 2.45) is 11.3 Å². The van der Waals surface area contributed by atoms with Crippen molar-refractivity contribution < 1.29 is 9.32 Å². The average Bonchev–Trinajstić information content (AvgIpc) is 3.00. The van der Waals surface area contributed by atoms with Crippen LogP contribution in [0.2, 0.25) is 0 Å². The molecule has 0 bridgehead atoms. The third kappa shape index (κ3) is 5.41. The molecule has 1 aromatic heterocycles. The molecule has 0 aliphatic carbocycles. The van der Waals surface area contributed by atoms with Gasteiger partial charge >= 0.3 is 0 Å². The van der Waals surface area contributed by atoms with Crippen molar-refractivity contribution >= 4 is 5.91 Å². The van der Waals surface area contributed by atoms with Crippen molar-refractivity contribution in [1.82, 2.24) is 15.5 Å². The Labute approximate surface area is 150 Å². The number of aryl methyl sites for hydroxylation is 1. The number of carbonyl (C=O) groups is 1. The van der Waals surface area contributed by atoms with Crippen LogP contribution in [0.5, 0.6) is 0 Å². The summed E-state index contributed by atoms with van der Waals surface area (Å²) in [6, 6.07) is 7.71. The lowest BCUT2D eigenvalue weighted by Crippen LogP contribution is -2.34. The molecule has 2 aromatic rings. The molecule has 5 nitrogen and oxygen atoms in total. The topological polar surface area (TPSA) is 68.0 Å². The van der Waals surface area contributed by atoms with E-state index in [4.69, 9.17) is 4.52 Å². The molecule has 0 fully saturated rings. The number of nitrogens with zero attached hydrogens (tertiary/aromatic N) is 2. The first-order chi connectivity index (χ1) is 11.7. The van der Waals surface area contributed by atoms with Crippen molar-refractivity contribution in [2.75, 3.05) is 0 Å². The van der Waals surface area contributed by atoms with Crippen LogP contribution in [0, 0.1) is 18.3 Å². The average molecular weight is 343 g/mol. The number of rotatable bonds is 6. The van der Waals surface area contributed by atoms with Gasteiger partial charge < -0.3 is 9.84 Å². The highest BCUT2D eigenvalue weighted by molar-refractivity contribution is 5.77. The molecule has 2 rings (SSSR count). The second-order valence-electron chi connectivity index (χ2n) is 7.99. The van der Waals surface area contributed by atoms with E-state index in [2.05, 4.69) is 29.3 Å². The summed E-state index contributed by atoms with van der Waals surface area (Å²) in [5.74, 6) is 1.23. The summed E-state index contributed by atoms with van der Waals surface area (Å²) in [5, 5.41) is 7.18. The molecule has 0 aliphatic heterocycles. The SMILES string of the molecule is CC[C@H](C)[C@@H](NC(=O)CC(C)(C)C)c1nc(-c2ccc(C)cc2)no1. The molecule has 2 atom stereocenters. The normalized spacial score (nSPS) is 14.2. The van der Waals surface area contributed by atoms with Crippen LogP contribution in [0.4, 0.5) is 0 Å². The molecule has 1 aromatic carbocycles. The zero-order valence-corrected chi connectivity index (χ0v) is 16.1. The second-order valence-corrected chi connectivity index (χ2v) is 7.99. The molecule has 0 saturated carbocycles. The molecule has 5 heteroatoms. The van der Waals surface area contributed by atoms with Gasteiger partial charge in [0.05, 0.1) is 0 Å². The van der Waals surface area contributed by atoms with E-state index in [9.17, 15) is 4.79 Å². The summed E-state index contributed by atoms with van der Waals surface area (Å²) < 4.78 is 5.49. The molecule has 25 heavy (non-hydrogen) atoms. The number of carbonyl (C=O) groups excluding carboxylic acids is 1. The Morgan fingerprint density at radius 1 is 1.24 bits per heavy atom. The van der Waals surface area contributed by atoms with Crippen LogP contribution in [0.3, 0.4) is 0 Å². The summed E-state index contributed by atoms with van der Waals surface area (Å²) in [6.07, 6.45) is 1.36. The zero-order valence-electron chi connectivity index (χ0n) is 16.1. The molecule has 0 radical (unpaired) electrons. The van der Waals surface area contributed by atoms with E-state index in [1.807, 2.05) is 52.0 Å². The van der Waals surface area contributed by atoms with Crippen molar-refractivity contribution in [3.63, 3.8) is 0 Å². The zero-order chi connectivity index (χ0) is 18.6. The summed E-state index contributed by atoms with van der Waals surface area (Å²) >= 11 is 0. The highest BCUT2D eigenvalue weighted by Crippen LogP contribution is 2.27. The van der Waals surface area contributed by atoms with Crippen LogP contribution in [0.15, 0.2) is 28.8 Å².